The maximum absolute atomic E-state index is 13.5. The standard InChI is InChI=1S/C16H22FN3/c1-4-8-20-11-16(12(3)19-20)15-7-6-14(17)9-13(15)10-18-5-2/h6-7,9,11,18H,4-5,8,10H2,1-3H3. The zero-order valence-electron chi connectivity index (χ0n) is 12.4. The molecule has 0 spiro atoms. The van der Waals surface area contributed by atoms with E-state index in [1.54, 1.807) is 6.07 Å². The Hall–Kier alpha value is -1.68. The third-order valence-corrected chi connectivity index (χ3v) is 3.32. The summed E-state index contributed by atoms with van der Waals surface area (Å²) >= 11 is 0. The molecule has 0 bridgehead atoms. The summed E-state index contributed by atoms with van der Waals surface area (Å²) in [7, 11) is 0. The molecule has 0 fully saturated rings. The van der Waals surface area contributed by atoms with Crippen LogP contribution in [0.2, 0.25) is 0 Å². The molecule has 4 heteroatoms. The van der Waals surface area contributed by atoms with Gasteiger partial charge in [-0.15, -0.1) is 0 Å². The van der Waals surface area contributed by atoms with Crippen molar-refractivity contribution in [3.8, 4) is 11.1 Å². The highest BCUT2D eigenvalue weighted by Gasteiger charge is 2.12. The van der Waals surface area contributed by atoms with Crippen LogP contribution in [-0.2, 0) is 13.1 Å². The van der Waals surface area contributed by atoms with E-state index in [1.165, 1.54) is 6.07 Å². The van der Waals surface area contributed by atoms with Gasteiger partial charge in [-0.2, -0.15) is 5.10 Å². The van der Waals surface area contributed by atoms with E-state index in [1.807, 2.05) is 24.6 Å². The van der Waals surface area contributed by atoms with Crippen LogP contribution in [0, 0.1) is 12.7 Å². The van der Waals surface area contributed by atoms with Crippen molar-refractivity contribution in [2.45, 2.75) is 40.3 Å². The van der Waals surface area contributed by atoms with Crippen LogP contribution in [0.1, 0.15) is 31.5 Å². The van der Waals surface area contributed by atoms with Crippen LogP contribution in [0.15, 0.2) is 24.4 Å². The minimum Gasteiger partial charge on any atom is -0.313 e. The largest absolute Gasteiger partial charge is 0.313 e. The fraction of sp³-hybridized carbons (Fsp3) is 0.438. The summed E-state index contributed by atoms with van der Waals surface area (Å²) in [5, 5.41) is 7.78. The zero-order chi connectivity index (χ0) is 14.5. The third-order valence-electron chi connectivity index (χ3n) is 3.32. The number of hydrogen-bond donors (Lipinski definition) is 1. The fourth-order valence-corrected chi connectivity index (χ4v) is 2.36. The molecule has 0 saturated heterocycles. The molecule has 20 heavy (non-hydrogen) atoms. The second kappa shape index (κ2) is 6.66. The molecule has 0 aliphatic heterocycles. The number of aryl methyl sites for hydroxylation is 2. The van der Waals surface area contributed by atoms with E-state index in [4.69, 9.17) is 0 Å². The van der Waals surface area contributed by atoms with Crippen LogP contribution in [0.25, 0.3) is 11.1 Å². The van der Waals surface area contributed by atoms with Crippen molar-refractivity contribution in [1.29, 1.82) is 0 Å². The molecule has 0 amide bonds. The Morgan fingerprint density at radius 3 is 2.75 bits per heavy atom. The molecule has 1 aromatic heterocycles. The Balaban J connectivity index is 2.40. The van der Waals surface area contributed by atoms with Crippen molar-refractivity contribution in [3.63, 3.8) is 0 Å². The summed E-state index contributed by atoms with van der Waals surface area (Å²) in [5.74, 6) is -0.194. The number of benzene rings is 1. The first-order valence-corrected chi connectivity index (χ1v) is 7.19. The van der Waals surface area contributed by atoms with Crippen LogP contribution in [0.3, 0.4) is 0 Å². The maximum Gasteiger partial charge on any atom is 0.123 e. The minimum absolute atomic E-state index is 0.194. The lowest BCUT2D eigenvalue weighted by atomic mass is 10.00. The van der Waals surface area contributed by atoms with Gasteiger partial charge in [0, 0.05) is 24.8 Å². The van der Waals surface area contributed by atoms with Gasteiger partial charge in [0.15, 0.2) is 0 Å². The summed E-state index contributed by atoms with van der Waals surface area (Å²) in [6, 6.07) is 4.97. The van der Waals surface area contributed by atoms with Gasteiger partial charge in [-0.25, -0.2) is 4.39 Å². The van der Waals surface area contributed by atoms with Gasteiger partial charge in [-0.3, -0.25) is 4.68 Å². The van der Waals surface area contributed by atoms with Crippen molar-refractivity contribution < 1.29 is 4.39 Å². The Kier molecular flexibility index (Phi) is 4.90. The average Bonchev–Trinajstić information content (AvgIpc) is 2.78. The van der Waals surface area contributed by atoms with Crippen molar-refractivity contribution in [1.82, 2.24) is 15.1 Å². The van der Waals surface area contributed by atoms with Gasteiger partial charge in [0.05, 0.1) is 5.69 Å². The van der Waals surface area contributed by atoms with Crippen LogP contribution in [0.4, 0.5) is 4.39 Å². The van der Waals surface area contributed by atoms with Crippen molar-refractivity contribution in [2.24, 2.45) is 0 Å². The number of nitrogens with one attached hydrogen (secondary N) is 1. The highest BCUT2D eigenvalue weighted by atomic mass is 19.1. The molecule has 2 rings (SSSR count). The van der Waals surface area contributed by atoms with E-state index < -0.39 is 0 Å². The molecular weight excluding hydrogens is 253 g/mol. The van der Waals surface area contributed by atoms with Crippen molar-refractivity contribution in [2.75, 3.05) is 6.54 Å². The number of halogens is 1. The lowest BCUT2D eigenvalue weighted by molar-refractivity contribution is 0.598. The summed E-state index contributed by atoms with van der Waals surface area (Å²) < 4.78 is 15.4. The number of rotatable bonds is 6. The van der Waals surface area contributed by atoms with Crippen LogP contribution >= 0.6 is 0 Å². The summed E-state index contributed by atoms with van der Waals surface area (Å²) in [5.41, 5.74) is 4.12. The first kappa shape index (κ1) is 14.7. The normalized spacial score (nSPS) is 11.0. The topological polar surface area (TPSA) is 29.9 Å². The SMILES string of the molecule is CCCn1cc(-c2ccc(F)cc2CNCC)c(C)n1. The van der Waals surface area contributed by atoms with Gasteiger partial charge in [-0.05, 0) is 43.1 Å². The van der Waals surface area contributed by atoms with Crippen molar-refractivity contribution in [3.05, 3.63) is 41.5 Å². The van der Waals surface area contributed by atoms with Gasteiger partial charge in [-0.1, -0.05) is 19.9 Å². The second-order valence-corrected chi connectivity index (χ2v) is 4.97. The lowest BCUT2D eigenvalue weighted by Gasteiger charge is -2.09. The van der Waals surface area contributed by atoms with Gasteiger partial charge in [0.2, 0.25) is 0 Å². The maximum atomic E-state index is 13.5. The summed E-state index contributed by atoms with van der Waals surface area (Å²) in [6.45, 7) is 8.62. The predicted molar refractivity (Wildman–Crippen MR) is 80.0 cm³/mol. The predicted octanol–water partition coefficient (Wildman–Crippen LogP) is 3.52. The molecule has 0 aliphatic rings. The molecule has 2 aromatic rings. The second-order valence-electron chi connectivity index (χ2n) is 4.97. The summed E-state index contributed by atoms with van der Waals surface area (Å²) in [6.07, 6.45) is 3.11. The molecule has 0 saturated carbocycles. The molecular formula is C16H22FN3. The Labute approximate surface area is 119 Å². The monoisotopic (exact) mass is 275 g/mol. The highest BCUT2D eigenvalue weighted by molar-refractivity contribution is 5.68. The first-order valence-electron chi connectivity index (χ1n) is 7.19. The average molecular weight is 275 g/mol. The lowest BCUT2D eigenvalue weighted by Crippen LogP contribution is -2.12. The Morgan fingerprint density at radius 1 is 1.25 bits per heavy atom. The number of hydrogen-bond acceptors (Lipinski definition) is 2. The fourth-order valence-electron chi connectivity index (χ4n) is 2.36. The van der Waals surface area contributed by atoms with Crippen LogP contribution in [0.5, 0.6) is 0 Å². The van der Waals surface area contributed by atoms with Gasteiger partial charge in [0.25, 0.3) is 0 Å². The van der Waals surface area contributed by atoms with E-state index in [9.17, 15) is 4.39 Å². The first-order chi connectivity index (χ1) is 9.65. The molecule has 1 N–H and O–H groups in total. The van der Waals surface area contributed by atoms with E-state index in [0.717, 1.165) is 41.9 Å². The number of aromatic nitrogens is 2. The molecule has 1 heterocycles. The third kappa shape index (κ3) is 3.25. The highest BCUT2D eigenvalue weighted by Crippen LogP contribution is 2.27. The van der Waals surface area contributed by atoms with Crippen LogP contribution in [-0.4, -0.2) is 16.3 Å². The molecule has 1 aromatic carbocycles. The molecule has 0 radical (unpaired) electrons. The van der Waals surface area contributed by atoms with Gasteiger partial charge >= 0.3 is 0 Å². The van der Waals surface area contributed by atoms with E-state index >= 15 is 0 Å². The number of nitrogens with zero attached hydrogens (tertiary/aromatic N) is 2. The summed E-state index contributed by atoms with van der Waals surface area (Å²) in [4.78, 5) is 0. The molecule has 0 atom stereocenters. The van der Waals surface area contributed by atoms with Crippen LogP contribution < -0.4 is 5.32 Å². The molecule has 0 aliphatic carbocycles. The smallest absolute Gasteiger partial charge is 0.123 e. The van der Waals surface area contributed by atoms with E-state index in [2.05, 4.69) is 23.5 Å². The quantitative estimate of drug-likeness (QED) is 0.874. The molecule has 108 valence electrons. The van der Waals surface area contributed by atoms with Gasteiger partial charge < -0.3 is 5.32 Å². The van der Waals surface area contributed by atoms with Crippen molar-refractivity contribution >= 4 is 0 Å². The Bertz CT molecular complexity index is 575. The minimum atomic E-state index is -0.194. The Morgan fingerprint density at radius 2 is 2.05 bits per heavy atom. The van der Waals surface area contributed by atoms with E-state index in [0.29, 0.717) is 6.54 Å². The molecule has 0 unspecified atom stereocenters. The zero-order valence-corrected chi connectivity index (χ0v) is 12.4. The van der Waals surface area contributed by atoms with Gasteiger partial charge in [0.1, 0.15) is 5.82 Å². The van der Waals surface area contributed by atoms with E-state index in [-0.39, 0.29) is 5.82 Å². The molecule has 3 nitrogen and oxygen atoms in total.